The van der Waals surface area contributed by atoms with Gasteiger partial charge in [-0.15, -0.1) is 11.8 Å². The number of nitrogens with zero attached hydrogens (tertiary/aromatic N) is 1. The number of carboxylic acid groups (broad SMARTS) is 1. The fourth-order valence-electron chi connectivity index (χ4n) is 9.28. The van der Waals surface area contributed by atoms with Crippen molar-refractivity contribution >= 4 is 93.7 Å². The summed E-state index contributed by atoms with van der Waals surface area (Å²) in [5, 5.41) is 14.0. The Morgan fingerprint density at radius 2 is 1.29 bits per heavy atom. The molecule has 1 heterocycles. The molecule has 82 heavy (non-hydrogen) atoms. The Balaban J connectivity index is 1.33. The third kappa shape index (κ3) is 14.4. The Kier molecular flexibility index (Phi) is 20.6. The molecular weight excluding hydrogens is 1190 g/mol. The predicted molar refractivity (Wildman–Crippen MR) is 310 cm³/mol. The Morgan fingerprint density at radius 1 is 0.695 bits per heavy atom. The molecule has 14 nitrogen and oxygen atoms in total. The third-order valence-electron chi connectivity index (χ3n) is 13.3. The van der Waals surface area contributed by atoms with Gasteiger partial charge >= 0.3 is 17.9 Å². The van der Waals surface area contributed by atoms with Gasteiger partial charge in [-0.05, 0) is 65.5 Å². The van der Waals surface area contributed by atoms with Gasteiger partial charge in [-0.2, -0.15) is 0 Å². The molecule has 5 aromatic rings. The molecule has 7 rings (SSSR count). The SMILES string of the molecule is CC(C)c1cccc(C(C)C)c1Nc1ccc2c(-c3ccccc3S(=O)(=O)[N-]S(=O)(=O)c3c(F)c(F)c(SCC(COC(=O)CCCBr)OC(=O)CCC(=O)O)c(F)c3F)c3ccc(=[NH+]c4c(C(C)C)cccc4C(C)C)cc-3oc2c1. The molecule has 1 aliphatic heterocycles. The van der Waals surface area contributed by atoms with Crippen LogP contribution in [-0.2, 0) is 43.9 Å². The van der Waals surface area contributed by atoms with E-state index in [4.69, 9.17) is 19.0 Å². The fourth-order valence-corrected chi connectivity index (χ4v) is 13.5. The number of nitrogens with one attached hydrogen (secondary N) is 2. The Morgan fingerprint density at radius 3 is 1.88 bits per heavy atom. The zero-order chi connectivity index (χ0) is 60.0. The van der Waals surface area contributed by atoms with Gasteiger partial charge in [-0.1, -0.05) is 126 Å². The van der Waals surface area contributed by atoms with E-state index in [1.54, 1.807) is 36.4 Å². The average molecular weight is 1250 g/mol. The number of carboxylic acids is 1. The van der Waals surface area contributed by atoms with Crippen molar-refractivity contribution in [3.8, 4) is 22.5 Å². The number of hydrogen-bond donors (Lipinski definition) is 3. The van der Waals surface area contributed by atoms with Crippen molar-refractivity contribution in [3.63, 3.8) is 0 Å². The molecular formula is C60H62BrF4N3O11S3. The largest absolute Gasteiger partial charge is 0.481 e. The summed E-state index contributed by atoms with van der Waals surface area (Å²) in [6.45, 7) is 16.0. The lowest BCUT2D eigenvalue weighted by Crippen LogP contribution is -2.71. The van der Waals surface area contributed by atoms with E-state index in [0.29, 0.717) is 33.7 Å². The summed E-state index contributed by atoms with van der Waals surface area (Å²) < 4.78 is 141. The number of sulfonamides is 2. The quantitative estimate of drug-likeness (QED) is 0.0128. The van der Waals surface area contributed by atoms with Gasteiger partial charge in [0.15, 0.2) is 23.3 Å². The number of halogens is 5. The molecule has 0 fully saturated rings. The number of carbonyl (C=O) groups is 3. The molecule has 0 radical (unpaired) electrons. The van der Waals surface area contributed by atoms with Gasteiger partial charge in [0, 0.05) is 74.2 Å². The molecule has 1 atom stereocenters. The van der Waals surface area contributed by atoms with E-state index in [9.17, 15) is 31.2 Å². The number of fused-ring (bicyclic) bond motifs is 2. The van der Waals surface area contributed by atoms with Crippen LogP contribution in [0.3, 0.4) is 0 Å². The van der Waals surface area contributed by atoms with E-state index in [1.807, 2.05) is 36.4 Å². The first-order chi connectivity index (χ1) is 38.7. The highest BCUT2D eigenvalue weighted by Crippen LogP contribution is 2.46. The molecule has 2 aliphatic rings. The monoisotopic (exact) mass is 1250 g/mol. The smallest absolute Gasteiger partial charge is 0.306 e. The highest BCUT2D eigenvalue weighted by Gasteiger charge is 2.33. The molecule has 5 aromatic carbocycles. The number of benzene rings is 6. The van der Waals surface area contributed by atoms with Crippen LogP contribution in [0.2, 0.25) is 0 Å². The van der Waals surface area contributed by atoms with Crippen LogP contribution in [0.4, 0.5) is 34.6 Å². The average Bonchev–Trinajstić information content (AvgIpc) is 1.66. The maximum absolute atomic E-state index is 16.1. The number of ether oxygens (including phenoxy) is 2. The van der Waals surface area contributed by atoms with E-state index in [1.165, 1.54) is 18.2 Å². The minimum absolute atomic E-state index is 0.00346. The van der Waals surface area contributed by atoms with Crippen LogP contribution < -0.4 is 15.7 Å². The highest BCUT2D eigenvalue weighted by molar-refractivity contribution is 9.09. The van der Waals surface area contributed by atoms with E-state index in [2.05, 4.69) is 85.8 Å². The van der Waals surface area contributed by atoms with Crippen LogP contribution in [-0.4, -0.2) is 63.6 Å². The van der Waals surface area contributed by atoms with E-state index in [0.717, 1.165) is 39.7 Å². The second kappa shape index (κ2) is 26.8. The summed E-state index contributed by atoms with van der Waals surface area (Å²) in [6, 6.07) is 27.9. The summed E-state index contributed by atoms with van der Waals surface area (Å²) in [5.74, 6) is -12.7. The molecule has 0 amide bonds. The fraction of sp³-hybridized carbons (Fsp3) is 0.333. The number of carbonyl (C=O) groups excluding carboxylic acids is 2. The van der Waals surface area contributed by atoms with Crippen molar-refractivity contribution in [1.29, 1.82) is 0 Å². The van der Waals surface area contributed by atoms with Gasteiger partial charge in [0.05, 0.1) is 28.7 Å². The number of aliphatic carboxylic acids is 1. The van der Waals surface area contributed by atoms with Crippen LogP contribution in [0.5, 0.6) is 0 Å². The van der Waals surface area contributed by atoms with Crippen LogP contribution in [0, 0.1) is 23.3 Å². The van der Waals surface area contributed by atoms with E-state index in [-0.39, 0.29) is 64.3 Å². The molecule has 0 aromatic heterocycles. The van der Waals surface area contributed by atoms with Crippen LogP contribution in [0.25, 0.3) is 37.5 Å². The first kappa shape index (κ1) is 63.0. The molecule has 22 heteroatoms. The molecule has 0 saturated carbocycles. The molecule has 1 aliphatic carbocycles. The first-order valence-corrected chi connectivity index (χ1v) is 31.3. The highest BCUT2D eigenvalue weighted by atomic mass is 79.9. The number of thioether (sulfide) groups is 1. The van der Waals surface area contributed by atoms with Crippen LogP contribution in [0.15, 0.2) is 116 Å². The van der Waals surface area contributed by atoms with Crippen molar-refractivity contribution < 1.29 is 72.8 Å². The van der Waals surface area contributed by atoms with Crippen LogP contribution >= 0.6 is 27.7 Å². The van der Waals surface area contributed by atoms with Gasteiger partial charge in [-0.25, -0.2) is 39.4 Å². The van der Waals surface area contributed by atoms with Gasteiger partial charge in [0.25, 0.3) is 0 Å². The standard InChI is InChI=1S/C60H61BrF4N3O11S3/c1-32(2)39-15-11-16-40(33(3)4)57(39)66-36-21-23-43-46(28-36)79-47-29-37(67-58-41(34(5)6)17-12-18-42(58)35(7)8)22-24-44(47)52(43)45-14-9-10-19-48(45)81(73,74)68-82(75,76)60-55(64)53(62)59(54(63)56(60)65)80-31-38(30-77-50(71)20-13-27-61)78-51(72)26-25-49(69)70/h9-12,14-19,21-24,28-29,32-35,38H,13,20,25-27,30-31H2,1-8H3,(H,66,67)(H,69,70)/q-1/p+1. The van der Waals surface area contributed by atoms with Crippen molar-refractivity contribution in [2.24, 2.45) is 0 Å². The van der Waals surface area contributed by atoms with Crippen molar-refractivity contribution in [2.45, 2.75) is 126 Å². The second-order valence-corrected chi connectivity index (χ2v) is 25.8. The molecule has 1 unspecified atom stereocenters. The Labute approximate surface area is 486 Å². The summed E-state index contributed by atoms with van der Waals surface area (Å²) >= 11 is 3.16. The molecule has 0 saturated heterocycles. The summed E-state index contributed by atoms with van der Waals surface area (Å²) in [5.41, 5.74) is 7.43. The molecule has 0 bridgehead atoms. The maximum Gasteiger partial charge on any atom is 0.306 e. The number of para-hydroxylation sites is 2. The van der Waals surface area contributed by atoms with Crippen molar-refractivity contribution in [2.75, 3.05) is 23.0 Å². The minimum Gasteiger partial charge on any atom is -0.481 e. The predicted octanol–water partition coefficient (Wildman–Crippen LogP) is 13.3. The number of anilines is 2. The lowest BCUT2D eigenvalue weighted by atomic mass is 9.92. The van der Waals surface area contributed by atoms with Gasteiger partial charge in [0.2, 0.25) is 11.0 Å². The lowest BCUT2D eigenvalue weighted by Gasteiger charge is -2.25. The van der Waals surface area contributed by atoms with Crippen LogP contribution in [0.1, 0.15) is 127 Å². The molecule has 436 valence electrons. The van der Waals surface area contributed by atoms with E-state index < -0.39 is 107 Å². The summed E-state index contributed by atoms with van der Waals surface area (Å²) in [7, 11) is -11.8. The normalized spacial score (nSPS) is 12.8. The second-order valence-electron chi connectivity index (χ2n) is 20.6. The van der Waals surface area contributed by atoms with Gasteiger partial charge in [0.1, 0.15) is 49.0 Å². The van der Waals surface area contributed by atoms with E-state index >= 15 is 17.6 Å². The Hall–Kier alpha value is -6.59. The first-order valence-electron chi connectivity index (χ1n) is 26.3. The van der Waals surface area contributed by atoms with Gasteiger partial charge in [-0.3, -0.25) is 14.4 Å². The topological polar surface area (TPSA) is 211 Å². The number of rotatable bonds is 24. The minimum atomic E-state index is -6.18. The summed E-state index contributed by atoms with van der Waals surface area (Å²) in [6.07, 6.45) is -2.61. The summed E-state index contributed by atoms with van der Waals surface area (Å²) in [4.78, 5) is 34.7. The third-order valence-corrected chi connectivity index (χ3v) is 18.4. The Bertz CT molecular complexity index is 3750. The lowest BCUT2D eigenvalue weighted by molar-refractivity contribution is -0.404. The number of hydrogen-bond acceptors (Lipinski definition) is 12. The zero-order valence-electron chi connectivity index (χ0n) is 46.2. The number of esters is 2. The van der Waals surface area contributed by atoms with Crippen molar-refractivity contribution in [1.82, 2.24) is 0 Å². The van der Waals surface area contributed by atoms with Gasteiger partial charge < -0.3 is 28.4 Å². The molecule has 0 spiro atoms. The number of alkyl halides is 1. The molecule has 3 N–H and O–H groups in total. The maximum atomic E-state index is 16.1. The van der Waals surface area contributed by atoms with Crippen molar-refractivity contribution in [3.05, 3.63) is 152 Å². The zero-order valence-corrected chi connectivity index (χ0v) is 50.2.